The van der Waals surface area contributed by atoms with Crippen molar-refractivity contribution in [3.05, 3.63) is 58.8 Å². The Balaban J connectivity index is 1.81. The van der Waals surface area contributed by atoms with Crippen LogP contribution in [0.15, 0.2) is 36.5 Å². The SMILES string of the molecule is COc1cc(C2CCNc3c2cnn3-c2cccc(C)c2C)cc(OC)c1O. The summed E-state index contributed by atoms with van der Waals surface area (Å²) in [6.07, 6.45) is 2.85. The predicted octanol–water partition coefficient (Wildman–Crippen LogP) is 4.16. The van der Waals surface area contributed by atoms with Crippen LogP contribution < -0.4 is 14.8 Å². The van der Waals surface area contributed by atoms with E-state index in [0.717, 1.165) is 35.6 Å². The second-order valence-electron chi connectivity index (χ2n) is 7.12. The zero-order valence-electron chi connectivity index (χ0n) is 16.6. The number of rotatable bonds is 4. The molecule has 4 rings (SSSR count). The molecular formula is C22H25N3O3. The number of phenolic OH excluding ortho intramolecular Hbond substituents is 1. The maximum Gasteiger partial charge on any atom is 0.200 e. The molecule has 2 aromatic carbocycles. The molecule has 3 aromatic rings. The van der Waals surface area contributed by atoms with Gasteiger partial charge >= 0.3 is 0 Å². The Morgan fingerprint density at radius 2 is 1.86 bits per heavy atom. The lowest BCUT2D eigenvalue weighted by Gasteiger charge is -2.26. The lowest BCUT2D eigenvalue weighted by Crippen LogP contribution is -2.19. The molecule has 28 heavy (non-hydrogen) atoms. The Labute approximate surface area is 164 Å². The van der Waals surface area contributed by atoms with Crippen LogP contribution in [0.1, 0.15) is 34.6 Å². The number of ether oxygens (including phenoxy) is 2. The molecule has 0 bridgehead atoms. The van der Waals surface area contributed by atoms with Crippen LogP contribution in [0.25, 0.3) is 5.69 Å². The molecule has 0 saturated carbocycles. The number of methoxy groups -OCH3 is 2. The summed E-state index contributed by atoms with van der Waals surface area (Å²) in [4.78, 5) is 0. The van der Waals surface area contributed by atoms with Crippen LogP contribution in [0, 0.1) is 13.8 Å². The number of benzene rings is 2. The Kier molecular flexibility index (Phi) is 4.63. The number of fused-ring (bicyclic) bond motifs is 1. The van der Waals surface area contributed by atoms with Crippen LogP contribution in [0.4, 0.5) is 5.82 Å². The minimum Gasteiger partial charge on any atom is -0.502 e. The number of hydrogen-bond donors (Lipinski definition) is 2. The van der Waals surface area contributed by atoms with Crippen LogP contribution in [0.2, 0.25) is 0 Å². The second-order valence-corrected chi connectivity index (χ2v) is 7.12. The van der Waals surface area contributed by atoms with E-state index in [1.165, 1.54) is 11.1 Å². The molecule has 0 radical (unpaired) electrons. The van der Waals surface area contributed by atoms with Gasteiger partial charge in [-0.05, 0) is 55.2 Å². The first-order valence-corrected chi connectivity index (χ1v) is 9.38. The quantitative estimate of drug-likeness (QED) is 0.712. The van der Waals surface area contributed by atoms with Crippen LogP contribution in [0.5, 0.6) is 17.2 Å². The number of anilines is 1. The lowest BCUT2D eigenvalue weighted by molar-refractivity contribution is 0.339. The molecule has 0 fully saturated rings. The molecule has 6 heteroatoms. The summed E-state index contributed by atoms with van der Waals surface area (Å²) in [6.45, 7) is 5.06. The minimum absolute atomic E-state index is 0.0222. The average molecular weight is 379 g/mol. The molecule has 2 N–H and O–H groups in total. The van der Waals surface area contributed by atoms with E-state index >= 15 is 0 Å². The molecule has 1 aliphatic rings. The normalized spacial score (nSPS) is 15.6. The molecule has 0 saturated heterocycles. The molecule has 1 unspecified atom stereocenters. The smallest absolute Gasteiger partial charge is 0.200 e. The van der Waals surface area contributed by atoms with E-state index in [-0.39, 0.29) is 11.7 Å². The van der Waals surface area contributed by atoms with Gasteiger partial charge in [0, 0.05) is 18.0 Å². The Morgan fingerprint density at radius 3 is 2.54 bits per heavy atom. The number of nitrogens with zero attached hydrogens (tertiary/aromatic N) is 2. The zero-order chi connectivity index (χ0) is 19.8. The van der Waals surface area contributed by atoms with Crippen molar-refractivity contribution in [1.29, 1.82) is 0 Å². The summed E-state index contributed by atoms with van der Waals surface area (Å²) in [6, 6.07) is 10.0. The second kappa shape index (κ2) is 7.11. The van der Waals surface area contributed by atoms with Crippen molar-refractivity contribution < 1.29 is 14.6 Å². The van der Waals surface area contributed by atoms with Gasteiger partial charge in [-0.1, -0.05) is 12.1 Å². The number of nitrogens with one attached hydrogen (secondary N) is 1. The highest BCUT2D eigenvalue weighted by Crippen LogP contribution is 2.44. The van der Waals surface area contributed by atoms with Crippen LogP contribution in [0.3, 0.4) is 0 Å². The van der Waals surface area contributed by atoms with E-state index in [1.807, 2.05) is 23.0 Å². The van der Waals surface area contributed by atoms with Crippen molar-refractivity contribution in [2.24, 2.45) is 0 Å². The van der Waals surface area contributed by atoms with Crippen molar-refractivity contribution in [3.8, 4) is 22.9 Å². The number of aryl methyl sites for hydroxylation is 1. The van der Waals surface area contributed by atoms with Crippen LogP contribution in [-0.2, 0) is 0 Å². The van der Waals surface area contributed by atoms with E-state index in [2.05, 4.69) is 37.4 Å². The van der Waals surface area contributed by atoms with E-state index in [9.17, 15) is 5.11 Å². The molecule has 0 aliphatic carbocycles. The Hall–Kier alpha value is -3.15. The van der Waals surface area contributed by atoms with Crippen molar-refractivity contribution in [2.45, 2.75) is 26.2 Å². The van der Waals surface area contributed by atoms with Gasteiger partial charge in [0.2, 0.25) is 5.75 Å². The van der Waals surface area contributed by atoms with Gasteiger partial charge in [-0.3, -0.25) is 0 Å². The zero-order valence-corrected chi connectivity index (χ0v) is 16.6. The van der Waals surface area contributed by atoms with Crippen LogP contribution >= 0.6 is 0 Å². The largest absolute Gasteiger partial charge is 0.502 e. The number of aromatic nitrogens is 2. The predicted molar refractivity (Wildman–Crippen MR) is 109 cm³/mol. The molecule has 0 amide bonds. The first kappa shape index (κ1) is 18.2. The van der Waals surface area contributed by atoms with E-state index < -0.39 is 0 Å². The molecule has 146 valence electrons. The fraction of sp³-hybridized carbons (Fsp3) is 0.318. The van der Waals surface area contributed by atoms with Crippen LogP contribution in [-0.4, -0.2) is 35.7 Å². The third-order valence-electron chi connectivity index (χ3n) is 5.61. The molecule has 0 spiro atoms. The fourth-order valence-corrected chi connectivity index (χ4v) is 3.89. The van der Waals surface area contributed by atoms with Crippen molar-refractivity contribution in [2.75, 3.05) is 26.1 Å². The monoisotopic (exact) mass is 379 g/mol. The van der Waals surface area contributed by atoms with Crippen molar-refractivity contribution in [1.82, 2.24) is 9.78 Å². The first-order valence-electron chi connectivity index (χ1n) is 9.38. The van der Waals surface area contributed by atoms with Gasteiger partial charge in [0.05, 0.1) is 26.1 Å². The maximum atomic E-state index is 10.2. The highest BCUT2D eigenvalue weighted by molar-refractivity contribution is 5.61. The van der Waals surface area contributed by atoms with E-state index in [4.69, 9.17) is 14.6 Å². The van der Waals surface area contributed by atoms with Gasteiger partial charge in [0.25, 0.3) is 0 Å². The Bertz CT molecular complexity index is 1000. The topological polar surface area (TPSA) is 68.5 Å². The first-order chi connectivity index (χ1) is 13.5. The molecular weight excluding hydrogens is 354 g/mol. The summed E-state index contributed by atoms with van der Waals surface area (Å²) < 4.78 is 12.7. The van der Waals surface area contributed by atoms with Gasteiger partial charge in [0.1, 0.15) is 5.82 Å². The van der Waals surface area contributed by atoms with Crippen molar-refractivity contribution in [3.63, 3.8) is 0 Å². The van der Waals surface area contributed by atoms with Gasteiger partial charge in [-0.25, -0.2) is 4.68 Å². The molecule has 6 nitrogen and oxygen atoms in total. The van der Waals surface area contributed by atoms with Gasteiger partial charge < -0.3 is 19.9 Å². The maximum absolute atomic E-state index is 10.2. The van der Waals surface area contributed by atoms with Gasteiger partial charge in [0.15, 0.2) is 11.5 Å². The highest BCUT2D eigenvalue weighted by Gasteiger charge is 2.28. The van der Waals surface area contributed by atoms with Gasteiger partial charge in [-0.2, -0.15) is 5.10 Å². The number of hydrogen-bond acceptors (Lipinski definition) is 5. The van der Waals surface area contributed by atoms with Crippen molar-refractivity contribution >= 4 is 5.82 Å². The standard InChI is InChI=1S/C22H25N3O3/c1-13-6-5-7-18(14(13)2)25-22-17(12-24-25)16(8-9-23-22)15-10-19(27-3)21(26)20(11-15)28-4/h5-7,10-12,16,23,26H,8-9H2,1-4H3. The molecule has 1 aliphatic heterocycles. The van der Waals surface area contributed by atoms with Gasteiger partial charge in [-0.15, -0.1) is 0 Å². The molecule has 1 aromatic heterocycles. The lowest BCUT2D eigenvalue weighted by atomic mass is 9.87. The number of aromatic hydroxyl groups is 1. The number of phenols is 1. The fourth-order valence-electron chi connectivity index (χ4n) is 3.89. The third-order valence-corrected chi connectivity index (χ3v) is 5.61. The summed E-state index contributed by atoms with van der Waals surface area (Å²) in [5, 5.41) is 18.4. The van der Waals surface area contributed by atoms with E-state index in [1.54, 1.807) is 14.2 Å². The summed E-state index contributed by atoms with van der Waals surface area (Å²) in [5.41, 5.74) is 5.69. The average Bonchev–Trinajstić information content (AvgIpc) is 3.14. The Morgan fingerprint density at radius 1 is 1.14 bits per heavy atom. The summed E-state index contributed by atoms with van der Waals surface area (Å²) >= 11 is 0. The molecule has 2 heterocycles. The summed E-state index contributed by atoms with van der Waals surface area (Å²) in [5.74, 6) is 2.00. The molecule has 1 atom stereocenters. The highest BCUT2D eigenvalue weighted by atomic mass is 16.5. The third kappa shape index (κ3) is 2.85. The summed E-state index contributed by atoms with van der Waals surface area (Å²) in [7, 11) is 3.09. The minimum atomic E-state index is 0.0222. The van der Waals surface area contributed by atoms with E-state index in [0.29, 0.717) is 11.5 Å².